The summed E-state index contributed by atoms with van der Waals surface area (Å²) < 4.78 is 27.1. The van der Waals surface area contributed by atoms with Gasteiger partial charge in [0.25, 0.3) is 5.92 Å². The van der Waals surface area contributed by atoms with E-state index in [4.69, 9.17) is 10.8 Å². The number of nitrogens with one attached hydrogen (secondary N) is 4. The lowest BCUT2D eigenvalue weighted by Crippen LogP contribution is -2.50. The normalized spacial score (nSPS) is 17.0. The number of hydrogen-bond acceptors (Lipinski definition) is 2. The molecule has 1 aliphatic heterocycles. The third-order valence-corrected chi connectivity index (χ3v) is 4.35. The van der Waals surface area contributed by atoms with E-state index in [-0.39, 0.29) is 37.9 Å². The molecule has 8 heteroatoms. The number of likely N-dealkylation sites (tertiary alicyclic amines) is 1. The molecule has 2 rings (SSSR count). The molecule has 4 N–H and O–H groups in total. The first kappa shape index (κ1) is 16.7. The predicted octanol–water partition coefficient (Wildman–Crippen LogP) is 3.36. The Balaban J connectivity index is 1.86. The van der Waals surface area contributed by atoms with E-state index in [9.17, 15) is 8.78 Å². The fourth-order valence-electron chi connectivity index (χ4n) is 2.10. The molecular formula is C14H18BrF2N5. The van der Waals surface area contributed by atoms with Crippen LogP contribution < -0.4 is 10.6 Å². The van der Waals surface area contributed by atoms with Gasteiger partial charge in [-0.15, -0.1) is 0 Å². The van der Waals surface area contributed by atoms with Crippen molar-refractivity contribution < 1.29 is 8.78 Å². The predicted molar refractivity (Wildman–Crippen MR) is 86.8 cm³/mol. The monoisotopic (exact) mass is 373 g/mol. The zero-order chi connectivity index (χ0) is 16.3. The molecule has 22 heavy (non-hydrogen) atoms. The highest BCUT2D eigenvalue weighted by Crippen LogP contribution is 2.27. The molecule has 1 heterocycles. The highest BCUT2D eigenvalue weighted by Gasteiger charge is 2.34. The number of guanidine groups is 2. The first-order valence-electron chi connectivity index (χ1n) is 6.87. The van der Waals surface area contributed by atoms with Gasteiger partial charge in [0.1, 0.15) is 0 Å². The first-order valence-corrected chi connectivity index (χ1v) is 7.66. The van der Waals surface area contributed by atoms with Crippen LogP contribution in [-0.4, -0.2) is 35.8 Å². The van der Waals surface area contributed by atoms with E-state index in [1.54, 1.807) is 0 Å². The van der Waals surface area contributed by atoms with Gasteiger partial charge in [-0.05, 0) is 24.6 Å². The Kier molecular flexibility index (Phi) is 5.00. The van der Waals surface area contributed by atoms with Gasteiger partial charge in [-0.2, -0.15) is 0 Å². The summed E-state index contributed by atoms with van der Waals surface area (Å²) in [6.07, 6.45) is -0.522. The van der Waals surface area contributed by atoms with E-state index in [2.05, 4.69) is 26.6 Å². The lowest BCUT2D eigenvalue weighted by atomic mass is 10.1. The number of hydrogen-bond donors (Lipinski definition) is 4. The van der Waals surface area contributed by atoms with Crippen molar-refractivity contribution in [2.45, 2.75) is 25.7 Å². The molecule has 1 aromatic rings. The summed E-state index contributed by atoms with van der Waals surface area (Å²) in [5.74, 6) is -2.76. The third-order valence-electron chi connectivity index (χ3n) is 3.50. The standard InChI is InChI=1S/C14H18BrF2N5/c1-9-2-3-10(8-11(9)15)20-12(18)21-13(19)22-6-4-14(16,17)5-7-22/h2-3,8H,4-7H2,1H3,(H4,18,19,20,21). The number of anilines is 1. The van der Waals surface area contributed by atoms with Gasteiger partial charge in [0.15, 0.2) is 11.9 Å². The van der Waals surface area contributed by atoms with Crippen molar-refractivity contribution in [1.82, 2.24) is 10.2 Å². The maximum atomic E-state index is 13.1. The topological polar surface area (TPSA) is 75.0 Å². The molecule has 5 nitrogen and oxygen atoms in total. The van der Waals surface area contributed by atoms with E-state index >= 15 is 0 Å². The van der Waals surface area contributed by atoms with Gasteiger partial charge < -0.3 is 10.2 Å². The molecule has 0 aliphatic carbocycles. The van der Waals surface area contributed by atoms with Crippen LogP contribution in [0.1, 0.15) is 18.4 Å². The fourth-order valence-corrected chi connectivity index (χ4v) is 2.48. The Morgan fingerprint density at radius 2 is 1.91 bits per heavy atom. The fraction of sp³-hybridized carbons (Fsp3) is 0.429. The van der Waals surface area contributed by atoms with Crippen LogP contribution in [0.15, 0.2) is 22.7 Å². The van der Waals surface area contributed by atoms with Crippen LogP contribution in [0.5, 0.6) is 0 Å². The average Bonchev–Trinajstić information content (AvgIpc) is 2.42. The summed E-state index contributed by atoms with van der Waals surface area (Å²) in [5.41, 5.74) is 1.78. The largest absolute Gasteiger partial charge is 0.342 e. The second kappa shape index (κ2) is 6.60. The van der Waals surface area contributed by atoms with Crippen LogP contribution in [0.4, 0.5) is 14.5 Å². The number of aryl methyl sites for hydroxylation is 1. The van der Waals surface area contributed by atoms with Crippen molar-refractivity contribution >= 4 is 33.5 Å². The second-order valence-electron chi connectivity index (χ2n) is 5.28. The number of nitrogens with zero attached hydrogens (tertiary/aromatic N) is 1. The van der Waals surface area contributed by atoms with E-state index in [1.807, 2.05) is 25.1 Å². The molecule has 0 saturated carbocycles. The Bertz CT molecular complexity index is 581. The number of alkyl halides is 2. The van der Waals surface area contributed by atoms with Gasteiger partial charge >= 0.3 is 0 Å². The molecule has 0 bridgehead atoms. The molecule has 0 radical (unpaired) electrons. The molecule has 0 aromatic heterocycles. The third kappa shape index (κ3) is 4.40. The number of rotatable bonds is 1. The van der Waals surface area contributed by atoms with Crippen LogP contribution in [0.25, 0.3) is 0 Å². The Labute approximate surface area is 136 Å². The van der Waals surface area contributed by atoms with Crippen LogP contribution in [0, 0.1) is 17.7 Å². The highest BCUT2D eigenvalue weighted by molar-refractivity contribution is 9.10. The van der Waals surface area contributed by atoms with E-state index in [0.29, 0.717) is 5.69 Å². The van der Waals surface area contributed by atoms with Gasteiger partial charge in [-0.25, -0.2) is 8.78 Å². The molecule has 120 valence electrons. The maximum Gasteiger partial charge on any atom is 0.251 e. The van der Waals surface area contributed by atoms with Gasteiger partial charge in [0, 0.05) is 36.1 Å². The summed E-state index contributed by atoms with van der Waals surface area (Å²) in [6.45, 7) is 2.18. The van der Waals surface area contributed by atoms with Crippen molar-refractivity contribution in [3.05, 3.63) is 28.2 Å². The van der Waals surface area contributed by atoms with Crippen molar-refractivity contribution in [3.63, 3.8) is 0 Å². The minimum atomic E-state index is -2.64. The molecule has 0 spiro atoms. The summed E-state index contributed by atoms with van der Waals surface area (Å²) in [4.78, 5) is 1.51. The average molecular weight is 374 g/mol. The Morgan fingerprint density at radius 3 is 2.50 bits per heavy atom. The molecule has 0 amide bonds. The SMILES string of the molecule is Cc1ccc(NC(=N)NC(=N)N2CCC(F)(F)CC2)cc1Br. The quantitative estimate of drug-likeness (QED) is 0.450. The highest BCUT2D eigenvalue weighted by atomic mass is 79.9. The first-order chi connectivity index (χ1) is 10.3. The summed E-state index contributed by atoms with van der Waals surface area (Å²) in [5, 5.41) is 21.1. The molecule has 0 atom stereocenters. The molecule has 1 saturated heterocycles. The lowest BCUT2D eigenvalue weighted by molar-refractivity contribution is -0.0438. The lowest BCUT2D eigenvalue weighted by Gasteiger charge is -2.33. The Morgan fingerprint density at radius 1 is 1.27 bits per heavy atom. The van der Waals surface area contributed by atoms with Crippen LogP contribution >= 0.6 is 15.9 Å². The number of halogens is 3. The van der Waals surface area contributed by atoms with E-state index in [0.717, 1.165) is 10.0 Å². The number of piperidine rings is 1. The van der Waals surface area contributed by atoms with Crippen LogP contribution in [0.2, 0.25) is 0 Å². The summed E-state index contributed by atoms with van der Waals surface area (Å²) >= 11 is 3.41. The van der Waals surface area contributed by atoms with Crippen molar-refractivity contribution in [2.75, 3.05) is 18.4 Å². The van der Waals surface area contributed by atoms with E-state index < -0.39 is 5.92 Å². The van der Waals surface area contributed by atoms with Crippen molar-refractivity contribution in [1.29, 1.82) is 10.8 Å². The minimum absolute atomic E-state index is 0.0424. The molecule has 1 aliphatic rings. The Hall–Kier alpha value is -1.70. The zero-order valence-corrected chi connectivity index (χ0v) is 13.7. The van der Waals surface area contributed by atoms with Gasteiger partial charge in [-0.3, -0.25) is 16.1 Å². The molecule has 1 fully saturated rings. The second-order valence-corrected chi connectivity index (χ2v) is 6.13. The van der Waals surface area contributed by atoms with Gasteiger partial charge in [0.2, 0.25) is 0 Å². The molecule has 1 aromatic carbocycles. The van der Waals surface area contributed by atoms with Crippen molar-refractivity contribution in [2.24, 2.45) is 0 Å². The smallest absolute Gasteiger partial charge is 0.251 e. The maximum absolute atomic E-state index is 13.1. The molecular weight excluding hydrogens is 356 g/mol. The van der Waals surface area contributed by atoms with Gasteiger partial charge in [0.05, 0.1) is 0 Å². The van der Waals surface area contributed by atoms with Crippen LogP contribution in [0.3, 0.4) is 0 Å². The summed E-state index contributed by atoms with van der Waals surface area (Å²) in [6, 6.07) is 5.55. The van der Waals surface area contributed by atoms with Crippen LogP contribution in [-0.2, 0) is 0 Å². The minimum Gasteiger partial charge on any atom is -0.342 e. The van der Waals surface area contributed by atoms with E-state index in [1.165, 1.54) is 4.90 Å². The van der Waals surface area contributed by atoms with Gasteiger partial charge in [-0.1, -0.05) is 22.0 Å². The molecule has 0 unspecified atom stereocenters. The summed E-state index contributed by atoms with van der Waals surface area (Å²) in [7, 11) is 0. The number of benzene rings is 1. The zero-order valence-electron chi connectivity index (χ0n) is 12.1. The van der Waals surface area contributed by atoms with Crippen molar-refractivity contribution in [3.8, 4) is 0 Å².